The molecular weight excluding hydrogens is 310 g/mol. The minimum Gasteiger partial charge on any atom is -0.462 e. The molecule has 2 N–H and O–H groups in total. The summed E-state index contributed by atoms with van der Waals surface area (Å²) in [5, 5.41) is 15.2. The predicted molar refractivity (Wildman–Crippen MR) is 76.9 cm³/mol. The second kappa shape index (κ2) is 19.5. The Labute approximate surface area is 132 Å². The van der Waals surface area contributed by atoms with Gasteiger partial charge in [-0.15, -0.1) is 0 Å². The molecule has 0 bridgehead atoms. The summed E-state index contributed by atoms with van der Waals surface area (Å²) in [7, 11) is 0. The van der Waals surface area contributed by atoms with Crippen molar-refractivity contribution >= 4 is 24.2 Å². The summed E-state index contributed by atoms with van der Waals surface area (Å²) >= 11 is 0. The zero-order valence-corrected chi connectivity index (χ0v) is 12.5. The van der Waals surface area contributed by atoms with Crippen molar-refractivity contribution in [3.05, 3.63) is 0 Å². The SMILES string of the molecule is O=C=NCCCCC(N=C=O)C(=O)OCCN=C=O.OCCO. The summed E-state index contributed by atoms with van der Waals surface area (Å²) in [6, 6.07) is -0.932. The van der Waals surface area contributed by atoms with Crippen LogP contribution < -0.4 is 0 Å². The Balaban J connectivity index is 0. The fourth-order valence-corrected chi connectivity index (χ4v) is 1.21. The molecule has 10 nitrogen and oxygen atoms in total. The molecule has 0 aliphatic carbocycles. The maximum absolute atomic E-state index is 11.5. The average molecular weight is 329 g/mol. The van der Waals surface area contributed by atoms with Gasteiger partial charge in [-0.3, -0.25) is 0 Å². The van der Waals surface area contributed by atoms with Gasteiger partial charge in [0.15, 0.2) is 6.04 Å². The van der Waals surface area contributed by atoms with E-state index >= 15 is 0 Å². The van der Waals surface area contributed by atoms with Crippen LogP contribution in [-0.2, 0) is 23.9 Å². The molecule has 0 radical (unpaired) electrons. The summed E-state index contributed by atoms with van der Waals surface area (Å²) < 4.78 is 4.77. The van der Waals surface area contributed by atoms with Crippen molar-refractivity contribution in [3.8, 4) is 0 Å². The van der Waals surface area contributed by atoms with Crippen LogP contribution in [0.3, 0.4) is 0 Å². The molecule has 0 spiro atoms. The maximum atomic E-state index is 11.5. The number of rotatable bonds is 11. The van der Waals surface area contributed by atoms with E-state index in [1.807, 2.05) is 0 Å². The lowest BCUT2D eigenvalue weighted by molar-refractivity contribution is -0.145. The third-order valence-electron chi connectivity index (χ3n) is 2.15. The Morgan fingerprint density at radius 1 is 0.957 bits per heavy atom. The maximum Gasteiger partial charge on any atom is 0.331 e. The summed E-state index contributed by atoms with van der Waals surface area (Å²) in [5.41, 5.74) is 0. The van der Waals surface area contributed by atoms with Crippen LogP contribution in [0.4, 0.5) is 0 Å². The minimum absolute atomic E-state index is 0.0147. The molecule has 23 heavy (non-hydrogen) atoms. The number of isocyanates is 3. The quantitative estimate of drug-likeness (QED) is 0.214. The van der Waals surface area contributed by atoms with E-state index in [0.717, 1.165) is 0 Å². The van der Waals surface area contributed by atoms with Crippen molar-refractivity contribution < 1.29 is 34.1 Å². The Morgan fingerprint density at radius 2 is 1.57 bits per heavy atom. The first-order valence-corrected chi connectivity index (χ1v) is 6.70. The monoisotopic (exact) mass is 329 g/mol. The zero-order valence-electron chi connectivity index (χ0n) is 12.5. The molecule has 0 heterocycles. The van der Waals surface area contributed by atoms with Gasteiger partial charge in [-0.2, -0.15) is 4.99 Å². The Kier molecular flexibility index (Phi) is 19.4. The van der Waals surface area contributed by atoms with E-state index in [2.05, 4.69) is 15.0 Å². The van der Waals surface area contributed by atoms with Crippen LogP contribution in [-0.4, -0.2) is 73.4 Å². The van der Waals surface area contributed by atoms with E-state index in [9.17, 15) is 19.2 Å². The average Bonchev–Trinajstić information content (AvgIpc) is 2.57. The van der Waals surface area contributed by atoms with Crippen molar-refractivity contribution in [1.82, 2.24) is 0 Å². The Bertz CT molecular complexity index is 448. The molecule has 0 aromatic rings. The highest BCUT2D eigenvalue weighted by Crippen LogP contribution is 2.06. The van der Waals surface area contributed by atoms with Crippen molar-refractivity contribution in [2.24, 2.45) is 15.0 Å². The Hall–Kier alpha value is -2.47. The van der Waals surface area contributed by atoms with Crippen LogP contribution in [0, 0.1) is 0 Å². The molecular formula is C13H19N3O7. The normalized spacial score (nSPS) is 9.83. The molecule has 1 atom stereocenters. The van der Waals surface area contributed by atoms with E-state index in [1.165, 1.54) is 18.2 Å². The van der Waals surface area contributed by atoms with Crippen LogP contribution in [0.25, 0.3) is 0 Å². The first-order chi connectivity index (χ1) is 11.2. The predicted octanol–water partition coefficient (Wildman–Crippen LogP) is -0.953. The van der Waals surface area contributed by atoms with Gasteiger partial charge in [0.2, 0.25) is 18.2 Å². The highest BCUT2D eigenvalue weighted by Gasteiger charge is 2.18. The topological polar surface area (TPSA) is 155 Å². The molecule has 0 aliphatic heterocycles. The van der Waals surface area contributed by atoms with Gasteiger partial charge in [0.25, 0.3) is 0 Å². The highest BCUT2D eigenvalue weighted by atomic mass is 16.5. The van der Waals surface area contributed by atoms with Crippen LogP contribution in [0.2, 0.25) is 0 Å². The summed E-state index contributed by atoms with van der Waals surface area (Å²) in [5.74, 6) is -0.677. The molecule has 1 unspecified atom stereocenters. The first-order valence-electron chi connectivity index (χ1n) is 6.70. The molecule has 10 heteroatoms. The van der Waals surface area contributed by atoms with Crippen LogP contribution >= 0.6 is 0 Å². The van der Waals surface area contributed by atoms with Gasteiger partial charge in [0, 0.05) is 0 Å². The number of hydrogen-bond acceptors (Lipinski definition) is 10. The molecule has 0 aromatic carbocycles. The van der Waals surface area contributed by atoms with Crippen molar-refractivity contribution in [2.45, 2.75) is 25.3 Å². The molecule has 0 saturated carbocycles. The van der Waals surface area contributed by atoms with Crippen LogP contribution in [0.1, 0.15) is 19.3 Å². The van der Waals surface area contributed by atoms with Crippen molar-refractivity contribution in [3.63, 3.8) is 0 Å². The number of nitrogens with zero attached hydrogens (tertiary/aromatic N) is 3. The van der Waals surface area contributed by atoms with Gasteiger partial charge in [0.05, 0.1) is 26.3 Å². The van der Waals surface area contributed by atoms with E-state index in [-0.39, 0.29) is 26.4 Å². The number of carbonyl (C=O) groups is 1. The zero-order chi connectivity index (χ0) is 17.8. The van der Waals surface area contributed by atoms with Gasteiger partial charge in [-0.1, -0.05) is 0 Å². The summed E-state index contributed by atoms with van der Waals surface area (Å²) in [6.07, 6.45) is 5.42. The standard InChI is InChI=1S/C11H13N3O5.C2H6O2/c15-7-12-4-2-1-3-10(14-9-17)11(18)19-6-5-13-8-16;3-1-2-4/h10H,1-6H2;3-4H,1-2H2. The number of aliphatic hydroxyl groups is 2. The number of ether oxygens (including phenoxy) is 1. The molecule has 0 aliphatic rings. The number of unbranched alkanes of at least 4 members (excludes halogenated alkanes) is 1. The third-order valence-corrected chi connectivity index (χ3v) is 2.15. The first kappa shape index (κ1) is 22.8. The lowest BCUT2D eigenvalue weighted by atomic mass is 10.1. The molecule has 128 valence electrons. The molecule has 0 amide bonds. The van der Waals surface area contributed by atoms with Gasteiger partial charge >= 0.3 is 5.97 Å². The minimum atomic E-state index is -0.932. The smallest absolute Gasteiger partial charge is 0.331 e. The highest BCUT2D eigenvalue weighted by molar-refractivity contribution is 5.76. The van der Waals surface area contributed by atoms with Crippen LogP contribution in [0.5, 0.6) is 0 Å². The van der Waals surface area contributed by atoms with E-state index in [1.54, 1.807) is 0 Å². The van der Waals surface area contributed by atoms with E-state index in [4.69, 9.17) is 14.9 Å². The largest absolute Gasteiger partial charge is 0.462 e. The second-order valence-corrected chi connectivity index (χ2v) is 3.79. The van der Waals surface area contributed by atoms with Crippen LogP contribution in [0.15, 0.2) is 15.0 Å². The molecule has 0 rings (SSSR count). The summed E-state index contributed by atoms with van der Waals surface area (Å²) in [4.78, 5) is 51.2. The second-order valence-electron chi connectivity index (χ2n) is 3.79. The Morgan fingerprint density at radius 3 is 2.09 bits per heavy atom. The number of hydrogen-bond donors (Lipinski definition) is 2. The van der Waals surface area contributed by atoms with Crippen molar-refractivity contribution in [2.75, 3.05) is 32.9 Å². The lowest BCUT2D eigenvalue weighted by Crippen LogP contribution is -2.22. The fraction of sp³-hybridized carbons (Fsp3) is 0.692. The third kappa shape index (κ3) is 17.5. The fourth-order valence-electron chi connectivity index (χ4n) is 1.21. The number of aliphatic imine (C=N–C) groups is 3. The number of carbonyl (C=O) groups excluding carboxylic acids is 4. The van der Waals surface area contributed by atoms with E-state index in [0.29, 0.717) is 25.8 Å². The molecule has 0 fully saturated rings. The van der Waals surface area contributed by atoms with Gasteiger partial charge in [-0.05, 0) is 19.3 Å². The van der Waals surface area contributed by atoms with Gasteiger partial charge in [-0.25, -0.2) is 29.2 Å². The summed E-state index contributed by atoms with van der Waals surface area (Å²) in [6.45, 7) is -0.000675. The number of aliphatic hydroxyl groups excluding tert-OH is 2. The van der Waals surface area contributed by atoms with Crippen molar-refractivity contribution in [1.29, 1.82) is 0 Å². The molecule has 0 saturated heterocycles. The number of esters is 1. The van der Waals surface area contributed by atoms with Gasteiger partial charge in [0.1, 0.15) is 6.61 Å². The lowest BCUT2D eigenvalue weighted by Gasteiger charge is -2.09. The van der Waals surface area contributed by atoms with E-state index < -0.39 is 12.0 Å². The van der Waals surface area contributed by atoms with Gasteiger partial charge < -0.3 is 14.9 Å². The molecule has 0 aromatic heterocycles.